The normalized spacial score (nSPS) is 19.6. The molecule has 28 heavy (non-hydrogen) atoms. The van der Waals surface area contributed by atoms with Crippen molar-refractivity contribution in [2.75, 3.05) is 6.54 Å². The van der Waals surface area contributed by atoms with Crippen LogP contribution in [0.1, 0.15) is 48.7 Å². The number of benzene rings is 1. The molecule has 2 heterocycles. The van der Waals surface area contributed by atoms with Gasteiger partial charge in [0.15, 0.2) is 0 Å². The number of amides is 1. The van der Waals surface area contributed by atoms with Crippen LogP contribution in [0.3, 0.4) is 0 Å². The highest BCUT2D eigenvalue weighted by molar-refractivity contribution is 5.98. The molecular formula is C23H28N4O. The lowest BCUT2D eigenvalue weighted by atomic mass is 9.89. The minimum atomic E-state index is 0.0902. The van der Waals surface area contributed by atoms with E-state index >= 15 is 0 Å². The molecule has 2 atom stereocenters. The molecule has 1 amide bonds. The van der Waals surface area contributed by atoms with E-state index in [-0.39, 0.29) is 11.9 Å². The summed E-state index contributed by atoms with van der Waals surface area (Å²) in [5.74, 6) is 0.0902. The Hall–Kier alpha value is -2.66. The first-order chi connectivity index (χ1) is 13.7. The van der Waals surface area contributed by atoms with Crippen LogP contribution in [0.5, 0.6) is 0 Å². The summed E-state index contributed by atoms with van der Waals surface area (Å²) in [6.45, 7) is 3.68. The monoisotopic (exact) mass is 376 g/mol. The molecule has 1 aliphatic carbocycles. The number of hydrogen-bond acceptors (Lipinski definition) is 3. The molecule has 4 rings (SSSR count). The second kappa shape index (κ2) is 8.57. The fraction of sp³-hybridized carbons (Fsp3) is 0.391. The number of fused-ring (bicyclic) bond motifs is 1. The van der Waals surface area contributed by atoms with Crippen LogP contribution >= 0.6 is 0 Å². The van der Waals surface area contributed by atoms with Gasteiger partial charge in [0.25, 0.3) is 5.91 Å². The van der Waals surface area contributed by atoms with Crippen molar-refractivity contribution in [1.29, 1.82) is 0 Å². The molecule has 1 fully saturated rings. The zero-order valence-corrected chi connectivity index (χ0v) is 16.4. The van der Waals surface area contributed by atoms with Gasteiger partial charge in [-0.3, -0.25) is 9.78 Å². The molecule has 0 bridgehead atoms. The van der Waals surface area contributed by atoms with Crippen molar-refractivity contribution in [2.45, 2.75) is 51.2 Å². The average molecular weight is 377 g/mol. The van der Waals surface area contributed by atoms with Gasteiger partial charge in [-0.2, -0.15) is 0 Å². The summed E-state index contributed by atoms with van der Waals surface area (Å²) in [7, 11) is 0. The lowest BCUT2D eigenvalue weighted by molar-refractivity contribution is 0.0623. The number of carbonyl (C=O) groups is 1. The van der Waals surface area contributed by atoms with Crippen molar-refractivity contribution in [2.24, 2.45) is 0 Å². The van der Waals surface area contributed by atoms with Crippen molar-refractivity contribution in [3.05, 3.63) is 66.1 Å². The van der Waals surface area contributed by atoms with Crippen LogP contribution in [0, 0.1) is 0 Å². The molecule has 2 N–H and O–H groups in total. The summed E-state index contributed by atoms with van der Waals surface area (Å²) in [5.41, 5.74) is 2.87. The molecule has 146 valence electrons. The predicted octanol–water partition coefficient (Wildman–Crippen LogP) is 4.13. The van der Waals surface area contributed by atoms with E-state index in [1.807, 2.05) is 23.1 Å². The minimum absolute atomic E-state index is 0.0902. The van der Waals surface area contributed by atoms with E-state index in [4.69, 9.17) is 0 Å². The summed E-state index contributed by atoms with van der Waals surface area (Å²) < 4.78 is 0. The Morgan fingerprint density at radius 2 is 2.11 bits per heavy atom. The molecule has 5 nitrogen and oxygen atoms in total. The van der Waals surface area contributed by atoms with Gasteiger partial charge in [0.2, 0.25) is 0 Å². The van der Waals surface area contributed by atoms with Crippen LogP contribution < -0.4 is 5.32 Å². The number of aromatic amines is 1. The summed E-state index contributed by atoms with van der Waals surface area (Å²) in [6.07, 6.45) is 7.93. The maximum absolute atomic E-state index is 13.2. The Balaban J connectivity index is 1.42. The Morgan fingerprint density at radius 1 is 1.25 bits per heavy atom. The van der Waals surface area contributed by atoms with Gasteiger partial charge in [0, 0.05) is 36.8 Å². The average Bonchev–Trinajstić information content (AvgIpc) is 3.18. The van der Waals surface area contributed by atoms with Crippen molar-refractivity contribution in [3.8, 4) is 0 Å². The van der Waals surface area contributed by atoms with Gasteiger partial charge in [-0.1, -0.05) is 30.3 Å². The fourth-order valence-corrected chi connectivity index (χ4v) is 4.30. The standard InChI is InChI=1S/C23H28N4O/c1-2-27(23(28)21-13-18-11-12-24-16-22(18)26-21)20-10-6-9-19(14-20)25-15-17-7-4-3-5-8-17/h3-5,7-8,11-13,16,19-20,25-26H,2,6,9-10,14-15H2,1H3. The maximum Gasteiger partial charge on any atom is 0.270 e. The molecule has 0 aliphatic heterocycles. The summed E-state index contributed by atoms with van der Waals surface area (Å²) >= 11 is 0. The van der Waals surface area contributed by atoms with Crippen molar-refractivity contribution < 1.29 is 4.79 Å². The zero-order chi connectivity index (χ0) is 19.3. The maximum atomic E-state index is 13.2. The molecule has 2 unspecified atom stereocenters. The third-order valence-electron chi connectivity index (χ3n) is 5.78. The smallest absolute Gasteiger partial charge is 0.270 e. The molecule has 1 aromatic carbocycles. The predicted molar refractivity (Wildman–Crippen MR) is 112 cm³/mol. The molecule has 0 spiro atoms. The number of H-pyrrole nitrogens is 1. The number of rotatable bonds is 6. The van der Waals surface area contributed by atoms with Gasteiger partial charge < -0.3 is 15.2 Å². The van der Waals surface area contributed by atoms with E-state index in [2.05, 4.69) is 46.5 Å². The van der Waals surface area contributed by atoms with Crippen molar-refractivity contribution in [1.82, 2.24) is 20.2 Å². The van der Waals surface area contributed by atoms with Gasteiger partial charge in [-0.05, 0) is 50.3 Å². The summed E-state index contributed by atoms with van der Waals surface area (Å²) in [6, 6.07) is 15.1. The van der Waals surface area contributed by atoms with E-state index in [0.717, 1.165) is 43.3 Å². The van der Waals surface area contributed by atoms with Crippen LogP contribution in [-0.4, -0.2) is 39.4 Å². The zero-order valence-electron chi connectivity index (χ0n) is 16.4. The molecule has 1 saturated carbocycles. The Kier molecular flexibility index (Phi) is 5.72. The molecule has 5 heteroatoms. The number of hydrogen-bond donors (Lipinski definition) is 2. The number of nitrogens with zero attached hydrogens (tertiary/aromatic N) is 2. The van der Waals surface area contributed by atoms with Crippen molar-refractivity contribution in [3.63, 3.8) is 0 Å². The van der Waals surface area contributed by atoms with Gasteiger partial charge in [0.1, 0.15) is 5.69 Å². The van der Waals surface area contributed by atoms with E-state index < -0.39 is 0 Å². The third kappa shape index (κ3) is 4.09. The molecule has 0 radical (unpaired) electrons. The van der Waals surface area contributed by atoms with Gasteiger partial charge >= 0.3 is 0 Å². The highest BCUT2D eigenvalue weighted by Gasteiger charge is 2.29. The summed E-state index contributed by atoms with van der Waals surface area (Å²) in [5, 5.41) is 4.72. The highest BCUT2D eigenvalue weighted by Crippen LogP contribution is 2.25. The number of nitrogens with one attached hydrogen (secondary N) is 2. The van der Waals surface area contributed by atoms with Crippen LogP contribution in [0.4, 0.5) is 0 Å². The fourth-order valence-electron chi connectivity index (χ4n) is 4.30. The van der Waals surface area contributed by atoms with Crippen molar-refractivity contribution >= 4 is 16.8 Å². The Bertz CT molecular complexity index is 888. The van der Waals surface area contributed by atoms with E-state index in [0.29, 0.717) is 11.7 Å². The second-order valence-corrected chi connectivity index (χ2v) is 7.62. The quantitative estimate of drug-likeness (QED) is 0.680. The lowest BCUT2D eigenvalue weighted by Crippen LogP contribution is -2.46. The first kappa shape index (κ1) is 18.7. The molecule has 2 aromatic heterocycles. The molecular weight excluding hydrogens is 348 g/mol. The van der Waals surface area contributed by atoms with E-state index in [1.165, 1.54) is 12.0 Å². The first-order valence-electron chi connectivity index (χ1n) is 10.3. The van der Waals surface area contributed by atoms with Crippen LogP contribution in [-0.2, 0) is 6.54 Å². The molecule has 0 saturated heterocycles. The largest absolute Gasteiger partial charge is 0.349 e. The Morgan fingerprint density at radius 3 is 2.89 bits per heavy atom. The number of aromatic nitrogens is 2. The van der Waals surface area contributed by atoms with E-state index in [9.17, 15) is 4.79 Å². The highest BCUT2D eigenvalue weighted by atomic mass is 16.2. The number of carbonyl (C=O) groups excluding carboxylic acids is 1. The van der Waals surface area contributed by atoms with Gasteiger partial charge in [-0.25, -0.2) is 0 Å². The number of pyridine rings is 1. The van der Waals surface area contributed by atoms with Crippen LogP contribution in [0.25, 0.3) is 10.9 Å². The lowest BCUT2D eigenvalue weighted by Gasteiger charge is -2.37. The van der Waals surface area contributed by atoms with Crippen LogP contribution in [0.15, 0.2) is 54.9 Å². The molecule has 1 aliphatic rings. The second-order valence-electron chi connectivity index (χ2n) is 7.62. The van der Waals surface area contributed by atoms with Gasteiger partial charge in [-0.15, -0.1) is 0 Å². The Labute approximate surface area is 166 Å². The summed E-state index contributed by atoms with van der Waals surface area (Å²) in [4.78, 5) is 22.6. The molecule has 3 aromatic rings. The van der Waals surface area contributed by atoms with Crippen LogP contribution in [0.2, 0.25) is 0 Å². The van der Waals surface area contributed by atoms with E-state index in [1.54, 1.807) is 12.4 Å². The topological polar surface area (TPSA) is 61.0 Å². The minimum Gasteiger partial charge on any atom is -0.349 e. The first-order valence-corrected chi connectivity index (χ1v) is 10.3. The SMILES string of the molecule is CCN(C(=O)c1cc2ccncc2[nH]1)C1CCCC(NCc2ccccc2)C1. The third-order valence-corrected chi connectivity index (χ3v) is 5.78. The van der Waals surface area contributed by atoms with Gasteiger partial charge in [0.05, 0.1) is 11.7 Å².